The quantitative estimate of drug-likeness (QED) is 0.647. The molecule has 1 heterocycles. The number of esters is 1. The highest BCUT2D eigenvalue weighted by Crippen LogP contribution is 2.12. The van der Waals surface area contributed by atoms with Crippen molar-refractivity contribution < 1.29 is 14.3 Å². The van der Waals surface area contributed by atoms with E-state index in [-0.39, 0.29) is 12.0 Å². The van der Waals surface area contributed by atoms with Crippen molar-refractivity contribution in [3.05, 3.63) is 0 Å². The average Bonchev–Trinajstić information content (AvgIpc) is 2.82. The third-order valence-corrected chi connectivity index (χ3v) is 3.22. The maximum Gasteiger partial charge on any atom is 0.324 e. The Hall–Kier alpha value is -0.650. The van der Waals surface area contributed by atoms with Crippen molar-refractivity contribution in [3.63, 3.8) is 0 Å². The smallest absolute Gasteiger partial charge is 0.324 e. The molecule has 0 aromatic heterocycles. The van der Waals surface area contributed by atoms with Gasteiger partial charge < -0.3 is 14.8 Å². The standard InChI is InChI=1S/C13H26N2O3/c1-4-7-14-12(13(16)18-5-2)10-15-8-6-11(9-15)17-3/h11-12,14H,4-10H2,1-3H3. The van der Waals surface area contributed by atoms with Crippen LogP contribution in [-0.4, -0.2) is 62.9 Å². The summed E-state index contributed by atoms with van der Waals surface area (Å²) < 4.78 is 10.4. The Morgan fingerprint density at radius 2 is 2.28 bits per heavy atom. The molecular formula is C13H26N2O3. The molecule has 0 aliphatic carbocycles. The van der Waals surface area contributed by atoms with Crippen LogP contribution in [0.1, 0.15) is 26.7 Å². The second kappa shape index (κ2) is 8.45. The first-order valence-electron chi connectivity index (χ1n) is 6.86. The van der Waals surface area contributed by atoms with Crippen LogP contribution in [-0.2, 0) is 14.3 Å². The van der Waals surface area contributed by atoms with Crippen molar-refractivity contribution in [3.8, 4) is 0 Å². The van der Waals surface area contributed by atoms with E-state index in [0.29, 0.717) is 19.3 Å². The lowest BCUT2D eigenvalue weighted by Gasteiger charge is -2.23. The van der Waals surface area contributed by atoms with Gasteiger partial charge in [0.05, 0.1) is 12.7 Å². The summed E-state index contributed by atoms with van der Waals surface area (Å²) in [6.45, 7) is 7.80. The van der Waals surface area contributed by atoms with Gasteiger partial charge in [0.25, 0.3) is 0 Å². The Morgan fingerprint density at radius 1 is 1.50 bits per heavy atom. The Bertz CT molecular complexity index is 248. The van der Waals surface area contributed by atoms with Gasteiger partial charge in [0, 0.05) is 26.7 Å². The van der Waals surface area contributed by atoms with Gasteiger partial charge in [0.2, 0.25) is 0 Å². The summed E-state index contributed by atoms with van der Waals surface area (Å²) in [6, 6.07) is -0.222. The van der Waals surface area contributed by atoms with Gasteiger partial charge in [-0.25, -0.2) is 0 Å². The zero-order valence-corrected chi connectivity index (χ0v) is 11.8. The van der Waals surface area contributed by atoms with Crippen LogP contribution < -0.4 is 5.32 Å². The molecule has 5 heteroatoms. The molecule has 0 bridgehead atoms. The van der Waals surface area contributed by atoms with E-state index in [2.05, 4.69) is 17.1 Å². The van der Waals surface area contributed by atoms with E-state index in [4.69, 9.17) is 9.47 Å². The monoisotopic (exact) mass is 258 g/mol. The van der Waals surface area contributed by atoms with Crippen LogP contribution in [0.5, 0.6) is 0 Å². The molecule has 1 rings (SSSR count). The summed E-state index contributed by atoms with van der Waals surface area (Å²) in [7, 11) is 1.74. The zero-order valence-electron chi connectivity index (χ0n) is 11.8. The number of nitrogens with one attached hydrogen (secondary N) is 1. The molecule has 0 aromatic rings. The van der Waals surface area contributed by atoms with Crippen molar-refractivity contribution in [2.75, 3.05) is 39.9 Å². The topological polar surface area (TPSA) is 50.8 Å². The SMILES string of the molecule is CCCNC(CN1CCC(OC)C1)C(=O)OCC. The number of hydrogen-bond donors (Lipinski definition) is 1. The Morgan fingerprint density at radius 3 is 2.83 bits per heavy atom. The number of ether oxygens (including phenoxy) is 2. The molecule has 0 amide bonds. The van der Waals surface area contributed by atoms with E-state index in [9.17, 15) is 4.79 Å². The third-order valence-electron chi connectivity index (χ3n) is 3.22. The van der Waals surface area contributed by atoms with Crippen molar-refractivity contribution in [2.24, 2.45) is 0 Å². The summed E-state index contributed by atoms with van der Waals surface area (Å²) in [6.07, 6.45) is 2.36. The molecule has 2 unspecified atom stereocenters. The van der Waals surface area contributed by atoms with Gasteiger partial charge in [0.15, 0.2) is 0 Å². The number of likely N-dealkylation sites (tertiary alicyclic amines) is 1. The van der Waals surface area contributed by atoms with Crippen LogP contribution in [0.4, 0.5) is 0 Å². The van der Waals surface area contributed by atoms with Crippen LogP contribution in [0.2, 0.25) is 0 Å². The summed E-state index contributed by atoms with van der Waals surface area (Å²) in [5.41, 5.74) is 0. The van der Waals surface area contributed by atoms with Crippen LogP contribution >= 0.6 is 0 Å². The van der Waals surface area contributed by atoms with Crippen LogP contribution in [0, 0.1) is 0 Å². The van der Waals surface area contributed by atoms with Crippen LogP contribution in [0.15, 0.2) is 0 Å². The van der Waals surface area contributed by atoms with E-state index in [0.717, 1.165) is 32.5 Å². The van der Waals surface area contributed by atoms with E-state index >= 15 is 0 Å². The summed E-state index contributed by atoms with van der Waals surface area (Å²) >= 11 is 0. The first-order valence-corrected chi connectivity index (χ1v) is 6.86. The van der Waals surface area contributed by atoms with Gasteiger partial charge >= 0.3 is 5.97 Å². The lowest BCUT2D eigenvalue weighted by Crippen LogP contribution is -2.47. The molecule has 1 N–H and O–H groups in total. The molecule has 1 aliphatic rings. The van der Waals surface area contributed by atoms with E-state index in [1.54, 1.807) is 7.11 Å². The normalized spacial score (nSPS) is 22.1. The average molecular weight is 258 g/mol. The van der Waals surface area contributed by atoms with E-state index in [1.807, 2.05) is 6.92 Å². The molecular weight excluding hydrogens is 232 g/mol. The molecule has 1 aliphatic heterocycles. The van der Waals surface area contributed by atoms with E-state index in [1.165, 1.54) is 0 Å². The molecule has 18 heavy (non-hydrogen) atoms. The summed E-state index contributed by atoms with van der Waals surface area (Å²) in [5.74, 6) is -0.146. The van der Waals surface area contributed by atoms with Gasteiger partial charge in [-0.15, -0.1) is 0 Å². The van der Waals surface area contributed by atoms with Gasteiger partial charge in [-0.05, 0) is 26.3 Å². The predicted molar refractivity (Wildman–Crippen MR) is 70.6 cm³/mol. The molecule has 1 fully saturated rings. The van der Waals surface area contributed by atoms with Gasteiger partial charge in [0.1, 0.15) is 6.04 Å². The zero-order chi connectivity index (χ0) is 13.4. The summed E-state index contributed by atoms with van der Waals surface area (Å²) in [5, 5.41) is 3.26. The Labute approximate surface area is 110 Å². The van der Waals surface area contributed by atoms with Crippen LogP contribution in [0.25, 0.3) is 0 Å². The number of nitrogens with zero attached hydrogens (tertiary/aromatic N) is 1. The highest BCUT2D eigenvalue weighted by Gasteiger charge is 2.27. The fraction of sp³-hybridized carbons (Fsp3) is 0.923. The molecule has 0 aromatic carbocycles. The van der Waals surface area contributed by atoms with Gasteiger partial charge in [-0.1, -0.05) is 6.92 Å². The molecule has 1 saturated heterocycles. The maximum absolute atomic E-state index is 11.8. The molecule has 0 spiro atoms. The summed E-state index contributed by atoms with van der Waals surface area (Å²) in [4.78, 5) is 14.1. The number of carbonyl (C=O) groups is 1. The lowest BCUT2D eigenvalue weighted by molar-refractivity contribution is -0.146. The van der Waals surface area contributed by atoms with Crippen molar-refractivity contribution in [1.29, 1.82) is 0 Å². The number of hydrogen-bond acceptors (Lipinski definition) is 5. The van der Waals surface area contributed by atoms with E-state index < -0.39 is 0 Å². The Kier molecular flexibility index (Phi) is 7.23. The highest BCUT2D eigenvalue weighted by molar-refractivity contribution is 5.76. The highest BCUT2D eigenvalue weighted by atomic mass is 16.5. The number of rotatable bonds is 8. The Balaban J connectivity index is 2.42. The first kappa shape index (κ1) is 15.4. The lowest BCUT2D eigenvalue weighted by atomic mass is 10.2. The van der Waals surface area contributed by atoms with Crippen molar-refractivity contribution >= 4 is 5.97 Å². The fourth-order valence-corrected chi connectivity index (χ4v) is 2.20. The third kappa shape index (κ3) is 4.92. The van der Waals surface area contributed by atoms with Gasteiger partial charge in [-0.3, -0.25) is 9.69 Å². The first-order chi connectivity index (χ1) is 8.71. The second-order valence-electron chi connectivity index (χ2n) is 4.66. The van der Waals surface area contributed by atoms with Crippen molar-refractivity contribution in [2.45, 2.75) is 38.8 Å². The van der Waals surface area contributed by atoms with Gasteiger partial charge in [-0.2, -0.15) is 0 Å². The molecule has 5 nitrogen and oxygen atoms in total. The van der Waals surface area contributed by atoms with Crippen LogP contribution in [0.3, 0.4) is 0 Å². The predicted octanol–water partition coefficient (Wildman–Crippen LogP) is 0.638. The number of carbonyl (C=O) groups excluding carboxylic acids is 1. The molecule has 0 saturated carbocycles. The molecule has 0 radical (unpaired) electrons. The molecule has 106 valence electrons. The van der Waals surface area contributed by atoms with Crippen molar-refractivity contribution in [1.82, 2.24) is 10.2 Å². The number of methoxy groups -OCH3 is 1. The minimum absolute atomic E-state index is 0.146. The fourth-order valence-electron chi connectivity index (χ4n) is 2.20. The minimum atomic E-state index is -0.222. The minimum Gasteiger partial charge on any atom is -0.465 e. The maximum atomic E-state index is 11.8. The second-order valence-corrected chi connectivity index (χ2v) is 4.66. The largest absolute Gasteiger partial charge is 0.465 e. The molecule has 2 atom stereocenters.